The van der Waals surface area contributed by atoms with E-state index in [1.165, 1.54) is 11.8 Å². The molecule has 0 saturated heterocycles. The molecule has 2 aromatic carbocycles. The van der Waals surface area contributed by atoms with Crippen molar-refractivity contribution in [3.8, 4) is 11.6 Å². The van der Waals surface area contributed by atoms with Crippen LogP contribution in [0, 0.1) is 20.8 Å². The highest BCUT2D eigenvalue weighted by Crippen LogP contribution is 2.25. The van der Waals surface area contributed by atoms with Gasteiger partial charge in [0.15, 0.2) is 10.9 Å². The number of carbonyl (C=O) groups excluding carboxylic acids is 2. The average Bonchev–Trinajstić information content (AvgIpc) is 3.49. The van der Waals surface area contributed by atoms with E-state index < -0.39 is 0 Å². The van der Waals surface area contributed by atoms with Crippen molar-refractivity contribution in [1.29, 1.82) is 0 Å². The topological polar surface area (TPSA) is 102 Å². The first kappa shape index (κ1) is 24.3. The molecule has 0 atom stereocenters. The van der Waals surface area contributed by atoms with E-state index in [-0.39, 0.29) is 24.1 Å². The minimum atomic E-state index is -0.272. The normalized spacial score (nSPS) is 10.8. The van der Waals surface area contributed by atoms with Crippen molar-refractivity contribution >= 4 is 29.3 Å². The average molecular weight is 490 g/mol. The lowest BCUT2D eigenvalue weighted by atomic mass is 10.1. The number of thioether (sulfide) groups is 1. The van der Waals surface area contributed by atoms with Crippen LogP contribution in [0.2, 0.25) is 0 Å². The number of benzene rings is 2. The van der Waals surface area contributed by atoms with Gasteiger partial charge in [0, 0.05) is 5.69 Å². The van der Waals surface area contributed by atoms with Gasteiger partial charge in [0.05, 0.1) is 25.1 Å². The van der Waals surface area contributed by atoms with Gasteiger partial charge in [-0.3, -0.25) is 14.2 Å². The van der Waals surface area contributed by atoms with Crippen LogP contribution in [-0.4, -0.2) is 38.9 Å². The summed E-state index contributed by atoms with van der Waals surface area (Å²) < 4.78 is 7.44. The van der Waals surface area contributed by atoms with Gasteiger partial charge in [-0.25, -0.2) is 0 Å². The van der Waals surface area contributed by atoms with Gasteiger partial charge >= 0.3 is 0 Å². The number of anilines is 1. The Morgan fingerprint density at radius 1 is 0.971 bits per heavy atom. The van der Waals surface area contributed by atoms with Crippen LogP contribution in [0.15, 0.2) is 70.4 Å². The van der Waals surface area contributed by atoms with Crippen molar-refractivity contribution in [2.24, 2.45) is 0 Å². The number of aromatic nitrogens is 3. The summed E-state index contributed by atoms with van der Waals surface area (Å²) in [6, 6.07) is 17.6. The molecule has 2 amide bonds. The predicted octanol–water partition coefficient (Wildman–Crippen LogP) is 4.36. The number of amides is 2. The Balaban J connectivity index is 1.37. The van der Waals surface area contributed by atoms with Crippen LogP contribution < -0.4 is 10.6 Å². The monoisotopic (exact) mass is 489 g/mol. The fourth-order valence-electron chi connectivity index (χ4n) is 3.81. The molecule has 8 nitrogen and oxygen atoms in total. The molecule has 0 aliphatic rings. The van der Waals surface area contributed by atoms with E-state index in [9.17, 15) is 9.59 Å². The molecule has 180 valence electrons. The molecular formula is C26H27N5O3S. The highest BCUT2D eigenvalue weighted by atomic mass is 32.2. The number of aryl methyl sites for hydroxylation is 3. The number of nitrogens with one attached hydrogen (secondary N) is 2. The summed E-state index contributed by atoms with van der Waals surface area (Å²) in [5.41, 5.74) is 4.97. The summed E-state index contributed by atoms with van der Waals surface area (Å²) >= 11 is 1.26. The number of nitrogens with zero attached hydrogens (tertiary/aromatic N) is 3. The van der Waals surface area contributed by atoms with E-state index in [4.69, 9.17) is 4.42 Å². The third kappa shape index (κ3) is 6.19. The summed E-state index contributed by atoms with van der Waals surface area (Å²) in [6.07, 6.45) is 1.59. The van der Waals surface area contributed by atoms with E-state index in [1.807, 2.05) is 73.9 Å². The highest BCUT2D eigenvalue weighted by molar-refractivity contribution is 7.99. The maximum absolute atomic E-state index is 12.5. The summed E-state index contributed by atoms with van der Waals surface area (Å²) in [5, 5.41) is 14.7. The Hall–Kier alpha value is -3.85. The Kier molecular flexibility index (Phi) is 7.67. The molecule has 0 saturated carbocycles. The molecule has 0 fully saturated rings. The molecule has 0 bridgehead atoms. The zero-order chi connectivity index (χ0) is 24.8. The van der Waals surface area contributed by atoms with E-state index in [1.54, 1.807) is 12.3 Å². The molecule has 0 aliphatic carbocycles. The second-order valence-corrected chi connectivity index (χ2v) is 9.19. The third-order valence-corrected chi connectivity index (χ3v) is 6.33. The number of rotatable bonds is 9. The van der Waals surface area contributed by atoms with Gasteiger partial charge in [0.25, 0.3) is 0 Å². The van der Waals surface area contributed by atoms with E-state index in [2.05, 4.69) is 20.8 Å². The van der Waals surface area contributed by atoms with Crippen molar-refractivity contribution in [2.45, 2.75) is 32.5 Å². The third-order valence-electron chi connectivity index (χ3n) is 5.36. The molecular weight excluding hydrogens is 462 g/mol. The molecule has 0 radical (unpaired) electrons. The first-order valence-electron chi connectivity index (χ1n) is 11.2. The maximum atomic E-state index is 12.5. The molecule has 0 unspecified atom stereocenters. The van der Waals surface area contributed by atoms with Crippen LogP contribution in [0.4, 0.5) is 5.69 Å². The molecule has 4 aromatic rings. The predicted molar refractivity (Wildman–Crippen MR) is 136 cm³/mol. The lowest BCUT2D eigenvalue weighted by molar-refractivity contribution is -0.122. The van der Waals surface area contributed by atoms with Gasteiger partial charge in [-0.15, -0.1) is 10.2 Å². The van der Waals surface area contributed by atoms with Gasteiger partial charge in [-0.2, -0.15) is 0 Å². The standard InChI is InChI=1S/C26H27N5O3S/c1-17-12-18(2)24(19(3)13-17)28-22(32)14-27-23(33)16-35-26-30-29-25(21-10-7-11-34-21)31(26)15-20-8-5-4-6-9-20/h4-13H,14-16H2,1-3H3,(H,27,33)(H,28,32). The van der Waals surface area contributed by atoms with Crippen LogP contribution in [0.5, 0.6) is 0 Å². The minimum Gasteiger partial charge on any atom is -0.461 e. The first-order valence-corrected chi connectivity index (χ1v) is 12.2. The summed E-state index contributed by atoms with van der Waals surface area (Å²) in [6.45, 7) is 6.34. The highest BCUT2D eigenvalue weighted by Gasteiger charge is 2.18. The van der Waals surface area contributed by atoms with Gasteiger partial charge in [0.1, 0.15) is 0 Å². The Morgan fingerprint density at radius 3 is 2.40 bits per heavy atom. The Labute approximate surface area is 208 Å². The zero-order valence-corrected chi connectivity index (χ0v) is 20.7. The zero-order valence-electron chi connectivity index (χ0n) is 19.9. The molecule has 0 aliphatic heterocycles. The number of hydrogen-bond donors (Lipinski definition) is 2. The lowest BCUT2D eigenvalue weighted by Gasteiger charge is -2.13. The van der Waals surface area contributed by atoms with Crippen LogP contribution in [0.3, 0.4) is 0 Å². The van der Waals surface area contributed by atoms with Crippen molar-refractivity contribution < 1.29 is 14.0 Å². The van der Waals surface area contributed by atoms with Gasteiger partial charge in [-0.05, 0) is 49.6 Å². The lowest BCUT2D eigenvalue weighted by Crippen LogP contribution is -2.34. The van der Waals surface area contributed by atoms with Crippen LogP contribution >= 0.6 is 11.8 Å². The van der Waals surface area contributed by atoms with Crippen molar-refractivity contribution in [3.63, 3.8) is 0 Å². The molecule has 35 heavy (non-hydrogen) atoms. The maximum Gasteiger partial charge on any atom is 0.243 e. The van der Waals surface area contributed by atoms with Gasteiger partial charge in [0.2, 0.25) is 17.6 Å². The first-order chi connectivity index (χ1) is 16.9. The molecule has 0 spiro atoms. The van der Waals surface area contributed by atoms with Crippen molar-refractivity contribution in [2.75, 3.05) is 17.6 Å². The molecule has 2 aromatic heterocycles. The number of carbonyl (C=O) groups is 2. The van der Waals surface area contributed by atoms with Crippen LogP contribution in [0.1, 0.15) is 22.3 Å². The van der Waals surface area contributed by atoms with Crippen molar-refractivity contribution in [1.82, 2.24) is 20.1 Å². The number of hydrogen-bond acceptors (Lipinski definition) is 6. The van der Waals surface area contributed by atoms with Gasteiger partial charge in [-0.1, -0.05) is 59.8 Å². The van der Waals surface area contributed by atoms with Crippen molar-refractivity contribution in [3.05, 3.63) is 83.1 Å². The molecule has 9 heteroatoms. The Morgan fingerprint density at radius 2 is 1.71 bits per heavy atom. The van der Waals surface area contributed by atoms with E-state index >= 15 is 0 Å². The van der Waals surface area contributed by atoms with Crippen LogP contribution in [0.25, 0.3) is 11.6 Å². The fraction of sp³-hybridized carbons (Fsp3) is 0.231. The Bertz CT molecular complexity index is 1290. The molecule has 2 heterocycles. The minimum absolute atomic E-state index is 0.0982. The van der Waals surface area contributed by atoms with E-state index in [0.717, 1.165) is 27.9 Å². The van der Waals surface area contributed by atoms with Gasteiger partial charge < -0.3 is 15.1 Å². The fourth-order valence-corrected chi connectivity index (χ4v) is 4.58. The smallest absolute Gasteiger partial charge is 0.243 e. The largest absolute Gasteiger partial charge is 0.461 e. The second-order valence-electron chi connectivity index (χ2n) is 8.24. The molecule has 4 rings (SSSR count). The quantitative estimate of drug-likeness (QED) is 0.339. The summed E-state index contributed by atoms with van der Waals surface area (Å²) in [5.74, 6) is 0.746. The number of furan rings is 1. The molecule has 2 N–H and O–H groups in total. The summed E-state index contributed by atoms with van der Waals surface area (Å²) in [4.78, 5) is 24.9. The summed E-state index contributed by atoms with van der Waals surface area (Å²) in [7, 11) is 0. The van der Waals surface area contributed by atoms with E-state index in [0.29, 0.717) is 23.3 Å². The SMILES string of the molecule is Cc1cc(C)c(NC(=O)CNC(=O)CSc2nnc(-c3ccco3)n2Cc2ccccc2)c(C)c1. The second kappa shape index (κ2) is 11.1. The van der Waals surface area contributed by atoms with Crippen LogP contribution in [-0.2, 0) is 16.1 Å².